The zero-order valence-electron chi connectivity index (χ0n) is 11.4. The molecule has 0 saturated carbocycles. The average molecular weight is 285 g/mol. The van der Waals surface area contributed by atoms with Crippen LogP contribution in [0.25, 0.3) is 0 Å². The summed E-state index contributed by atoms with van der Waals surface area (Å²) in [4.78, 5) is 32.5. The van der Waals surface area contributed by atoms with Crippen LogP contribution in [0, 0.1) is 0 Å². The summed E-state index contributed by atoms with van der Waals surface area (Å²) in [6.07, 6.45) is 3.82. The van der Waals surface area contributed by atoms with Gasteiger partial charge in [-0.05, 0) is 19.9 Å². The molecule has 0 aromatic rings. The van der Waals surface area contributed by atoms with E-state index >= 15 is 0 Å². The van der Waals surface area contributed by atoms with Crippen LogP contribution in [0.15, 0.2) is 12.2 Å². The molecule has 0 aliphatic carbocycles. The molecule has 1 spiro atoms. The topological polar surface area (TPSA) is 104 Å². The van der Waals surface area contributed by atoms with Crippen LogP contribution in [0.2, 0.25) is 0 Å². The van der Waals surface area contributed by atoms with Crippen LogP contribution in [0.3, 0.4) is 0 Å². The summed E-state index contributed by atoms with van der Waals surface area (Å²) in [5.74, 6) is -2.24. The number of Topliss-reactive ketones (excluding diaryl/α,β-unsaturated/α-hetero) is 1. The first-order valence-electron chi connectivity index (χ1n) is 6.31. The summed E-state index contributed by atoms with van der Waals surface area (Å²) in [5.41, 5.74) is -0.0659. The molecule has 2 fully saturated rings. The molecule has 0 radical (unpaired) electrons. The number of carbonyl (C=O) groups is 3. The Morgan fingerprint density at radius 2 is 1.70 bits per heavy atom. The molecule has 7 heteroatoms. The highest BCUT2D eigenvalue weighted by atomic mass is 16.5. The number of ether oxygens (including phenoxy) is 1. The molecule has 0 unspecified atom stereocenters. The predicted octanol–water partition coefficient (Wildman–Crippen LogP) is 0.152. The molecule has 112 valence electrons. The van der Waals surface area contributed by atoms with Gasteiger partial charge in [-0.2, -0.15) is 0 Å². The molecule has 2 aliphatic heterocycles. The number of aliphatic carboxylic acids is 2. The zero-order chi connectivity index (χ0) is 15.2. The van der Waals surface area contributed by atoms with E-state index < -0.39 is 11.9 Å². The fourth-order valence-electron chi connectivity index (χ4n) is 2.18. The Kier molecular flexibility index (Phi) is 5.84. The third kappa shape index (κ3) is 5.50. The van der Waals surface area contributed by atoms with Crippen molar-refractivity contribution >= 4 is 17.7 Å². The molecule has 0 atom stereocenters. The lowest BCUT2D eigenvalue weighted by molar-refractivity contribution is -0.134. The van der Waals surface area contributed by atoms with Crippen LogP contribution in [0.1, 0.15) is 19.3 Å². The monoisotopic (exact) mass is 285 g/mol. The first-order chi connectivity index (χ1) is 9.33. The first kappa shape index (κ1) is 16.3. The summed E-state index contributed by atoms with van der Waals surface area (Å²) in [6.45, 7) is 2.48. The zero-order valence-corrected chi connectivity index (χ0v) is 11.4. The Bertz CT molecular complexity index is 393. The van der Waals surface area contributed by atoms with Gasteiger partial charge < -0.3 is 19.8 Å². The summed E-state index contributed by atoms with van der Waals surface area (Å²) >= 11 is 0. The van der Waals surface area contributed by atoms with Crippen LogP contribution in [0.5, 0.6) is 0 Å². The molecule has 0 aromatic carbocycles. The normalized spacial score (nSPS) is 21.8. The maximum atomic E-state index is 11.1. The van der Waals surface area contributed by atoms with Gasteiger partial charge in [-0.3, -0.25) is 4.79 Å². The van der Waals surface area contributed by atoms with E-state index in [1.165, 1.54) is 0 Å². The van der Waals surface area contributed by atoms with E-state index in [2.05, 4.69) is 11.9 Å². The van der Waals surface area contributed by atoms with E-state index in [0.717, 1.165) is 25.9 Å². The van der Waals surface area contributed by atoms with Crippen LogP contribution in [-0.2, 0) is 19.1 Å². The van der Waals surface area contributed by atoms with Crippen molar-refractivity contribution in [1.82, 2.24) is 4.90 Å². The Balaban J connectivity index is 0.000000221. The van der Waals surface area contributed by atoms with Crippen molar-refractivity contribution in [2.24, 2.45) is 0 Å². The molecule has 2 rings (SSSR count). The van der Waals surface area contributed by atoms with Gasteiger partial charge in [-0.25, -0.2) is 9.59 Å². The summed E-state index contributed by atoms with van der Waals surface area (Å²) in [6, 6.07) is 0. The second-order valence-corrected chi connectivity index (χ2v) is 5.00. The highest BCUT2D eigenvalue weighted by Crippen LogP contribution is 2.33. The number of carboxylic acids is 2. The molecular weight excluding hydrogens is 266 g/mol. The van der Waals surface area contributed by atoms with Crippen molar-refractivity contribution in [3.8, 4) is 0 Å². The van der Waals surface area contributed by atoms with Gasteiger partial charge in [0.05, 0.1) is 5.60 Å². The number of rotatable bonds is 2. The number of piperidine rings is 1. The van der Waals surface area contributed by atoms with Gasteiger partial charge in [0.2, 0.25) is 0 Å². The number of ketones is 1. The summed E-state index contributed by atoms with van der Waals surface area (Å²) < 4.78 is 5.57. The van der Waals surface area contributed by atoms with E-state index in [-0.39, 0.29) is 11.4 Å². The Labute approximate surface area is 116 Å². The molecule has 0 aromatic heterocycles. The van der Waals surface area contributed by atoms with Crippen LogP contribution in [-0.4, -0.2) is 65.2 Å². The number of hydrogen-bond acceptors (Lipinski definition) is 5. The van der Waals surface area contributed by atoms with E-state index in [1.807, 2.05) is 0 Å². The highest BCUT2D eigenvalue weighted by Gasteiger charge is 2.41. The molecule has 0 amide bonds. The number of carbonyl (C=O) groups excluding carboxylic acids is 1. The molecule has 2 heterocycles. The fourth-order valence-corrected chi connectivity index (χ4v) is 2.18. The minimum atomic E-state index is -1.26. The predicted molar refractivity (Wildman–Crippen MR) is 69.4 cm³/mol. The minimum absolute atomic E-state index is 0.0659. The average Bonchev–Trinajstić information content (AvgIpc) is 2.73. The molecule has 2 aliphatic rings. The van der Waals surface area contributed by atoms with Crippen molar-refractivity contribution in [1.29, 1.82) is 0 Å². The van der Waals surface area contributed by atoms with Gasteiger partial charge in [-0.15, -0.1) is 0 Å². The third-order valence-corrected chi connectivity index (χ3v) is 3.33. The van der Waals surface area contributed by atoms with Crippen molar-refractivity contribution in [3.63, 3.8) is 0 Å². The van der Waals surface area contributed by atoms with Crippen LogP contribution in [0.4, 0.5) is 0 Å². The Hall–Kier alpha value is -1.73. The maximum absolute atomic E-state index is 11.1. The standard InChI is InChI=1S/C9H15NO2.C4H4O4/c1-10-4-2-9(3-5-10)6-8(11)7-12-9;5-3(6)1-2-4(7)8/h2-7H2,1H3;1-2H,(H,5,6)(H,7,8)/b;2-1-. The fraction of sp³-hybridized carbons (Fsp3) is 0.615. The SMILES string of the molecule is CN1CCC2(CC1)CC(=O)CO2.O=C(O)/C=C\C(=O)O. The van der Waals surface area contributed by atoms with E-state index in [9.17, 15) is 14.4 Å². The van der Waals surface area contributed by atoms with Gasteiger partial charge in [0, 0.05) is 31.7 Å². The lowest BCUT2D eigenvalue weighted by atomic mass is 9.89. The van der Waals surface area contributed by atoms with Gasteiger partial charge in [-0.1, -0.05) is 0 Å². The number of hydrogen-bond donors (Lipinski definition) is 2. The van der Waals surface area contributed by atoms with Crippen molar-refractivity contribution in [3.05, 3.63) is 12.2 Å². The van der Waals surface area contributed by atoms with Crippen molar-refractivity contribution in [2.45, 2.75) is 24.9 Å². The lowest BCUT2D eigenvalue weighted by Crippen LogP contribution is -2.42. The van der Waals surface area contributed by atoms with Gasteiger partial charge in [0.1, 0.15) is 6.61 Å². The molecular formula is C13H19NO6. The van der Waals surface area contributed by atoms with Gasteiger partial charge in [0.15, 0.2) is 5.78 Å². The van der Waals surface area contributed by atoms with Crippen molar-refractivity contribution < 1.29 is 29.3 Å². The number of nitrogens with zero attached hydrogens (tertiary/aromatic N) is 1. The van der Waals surface area contributed by atoms with Gasteiger partial charge in [0.25, 0.3) is 0 Å². The largest absolute Gasteiger partial charge is 0.478 e. The molecule has 20 heavy (non-hydrogen) atoms. The highest BCUT2D eigenvalue weighted by molar-refractivity contribution is 5.89. The second-order valence-electron chi connectivity index (χ2n) is 5.00. The number of likely N-dealkylation sites (tertiary alicyclic amines) is 1. The maximum Gasteiger partial charge on any atom is 0.328 e. The Morgan fingerprint density at radius 1 is 1.20 bits per heavy atom. The molecule has 0 bridgehead atoms. The Morgan fingerprint density at radius 3 is 2.05 bits per heavy atom. The quantitative estimate of drug-likeness (QED) is 0.696. The van der Waals surface area contributed by atoms with E-state index in [1.54, 1.807) is 0 Å². The smallest absolute Gasteiger partial charge is 0.328 e. The first-order valence-corrected chi connectivity index (χ1v) is 6.31. The molecule has 2 N–H and O–H groups in total. The van der Waals surface area contributed by atoms with E-state index in [0.29, 0.717) is 25.2 Å². The second kappa shape index (κ2) is 7.16. The van der Waals surface area contributed by atoms with E-state index in [4.69, 9.17) is 14.9 Å². The summed E-state index contributed by atoms with van der Waals surface area (Å²) in [7, 11) is 2.11. The molecule has 2 saturated heterocycles. The third-order valence-electron chi connectivity index (χ3n) is 3.33. The number of carboxylic acid groups (broad SMARTS) is 2. The summed E-state index contributed by atoms with van der Waals surface area (Å²) in [5, 5.41) is 15.6. The van der Waals surface area contributed by atoms with Crippen LogP contribution >= 0.6 is 0 Å². The molecule has 7 nitrogen and oxygen atoms in total. The van der Waals surface area contributed by atoms with Crippen molar-refractivity contribution in [2.75, 3.05) is 26.7 Å². The van der Waals surface area contributed by atoms with Crippen LogP contribution < -0.4 is 0 Å². The van der Waals surface area contributed by atoms with Gasteiger partial charge >= 0.3 is 11.9 Å². The lowest BCUT2D eigenvalue weighted by Gasteiger charge is -2.36. The minimum Gasteiger partial charge on any atom is -0.478 e.